The lowest BCUT2D eigenvalue weighted by atomic mass is 9.87. The molecule has 2 atom stereocenters. The molecule has 2 nitrogen and oxygen atoms in total. The highest BCUT2D eigenvalue weighted by Gasteiger charge is 2.40. The Morgan fingerprint density at radius 2 is 1.95 bits per heavy atom. The molecule has 0 aromatic heterocycles. The Bertz CT molecular complexity index is 697. The van der Waals surface area contributed by atoms with Crippen molar-refractivity contribution in [1.82, 2.24) is 0 Å². The zero-order valence-electron chi connectivity index (χ0n) is 12.9. The van der Waals surface area contributed by atoms with Gasteiger partial charge in [0.25, 0.3) is 0 Å². The monoisotopic (exact) mass is 313 g/mol. The molecule has 1 aliphatic rings. The van der Waals surface area contributed by atoms with E-state index >= 15 is 0 Å². The van der Waals surface area contributed by atoms with Gasteiger partial charge in [-0.15, -0.1) is 0 Å². The molecule has 1 saturated heterocycles. The summed E-state index contributed by atoms with van der Waals surface area (Å²) < 4.78 is 0. The van der Waals surface area contributed by atoms with Crippen molar-refractivity contribution < 1.29 is 4.79 Å². The average Bonchev–Trinajstić information content (AvgIpc) is 2.84. The smallest absolute Gasteiger partial charge is 0.234 e. The Morgan fingerprint density at radius 3 is 2.64 bits per heavy atom. The minimum atomic E-state index is -0.0933. The van der Waals surface area contributed by atoms with E-state index in [1.54, 1.807) is 0 Å². The third kappa shape index (κ3) is 2.76. The zero-order chi connectivity index (χ0) is 15.7. The molecule has 0 radical (unpaired) electrons. The van der Waals surface area contributed by atoms with Gasteiger partial charge in [-0.25, -0.2) is 0 Å². The molecule has 1 heterocycles. The number of benzene rings is 2. The van der Waals surface area contributed by atoms with Crippen molar-refractivity contribution >= 4 is 23.2 Å². The standard InChI is InChI=1S/C19H20ClNO/c1-3-14-12-21(17-9-4-6-13(2)10-17)19(22)18(14)15-7-5-8-16(20)11-15/h4-11,14,18H,3,12H2,1-2H3/t14-,18-/m1/s1. The first kappa shape index (κ1) is 15.1. The van der Waals surface area contributed by atoms with Crippen LogP contribution < -0.4 is 4.90 Å². The second kappa shape index (κ2) is 6.13. The highest BCUT2D eigenvalue weighted by atomic mass is 35.5. The molecule has 0 N–H and O–H groups in total. The van der Waals surface area contributed by atoms with Crippen molar-refractivity contribution in [3.05, 3.63) is 64.7 Å². The molecule has 0 bridgehead atoms. The lowest BCUT2D eigenvalue weighted by Gasteiger charge is -2.17. The van der Waals surface area contributed by atoms with Gasteiger partial charge in [-0.3, -0.25) is 4.79 Å². The van der Waals surface area contributed by atoms with Gasteiger partial charge in [0, 0.05) is 17.3 Å². The molecule has 1 aliphatic heterocycles. The number of anilines is 1. The Kier molecular flexibility index (Phi) is 4.21. The molecule has 0 aliphatic carbocycles. The van der Waals surface area contributed by atoms with Crippen LogP contribution in [-0.4, -0.2) is 12.5 Å². The summed E-state index contributed by atoms with van der Waals surface area (Å²) in [6, 6.07) is 15.9. The van der Waals surface area contributed by atoms with E-state index in [0.717, 1.165) is 24.2 Å². The molecular weight excluding hydrogens is 294 g/mol. The Balaban J connectivity index is 1.96. The first-order valence-electron chi connectivity index (χ1n) is 7.73. The molecule has 1 fully saturated rings. The highest BCUT2D eigenvalue weighted by molar-refractivity contribution is 6.30. The van der Waals surface area contributed by atoms with Crippen molar-refractivity contribution in [3.8, 4) is 0 Å². The number of hydrogen-bond acceptors (Lipinski definition) is 1. The number of nitrogens with zero attached hydrogens (tertiary/aromatic N) is 1. The largest absolute Gasteiger partial charge is 0.312 e. The van der Waals surface area contributed by atoms with Crippen LogP contribution in [0.15, 0.2) is 48.5 Å². The number of carbonyl (C=O) groups is 1. The van der Waals surface area contributed by atoms with E-state index in [2.05, 4.69) is 26.0 Å². The second-order valence-electron chi connectivity index (χ2n) is 5.99. The molecule has 2 aromatic carbocycles. The summed E-state index contributed by atoms with van der Waals surface area (Å²) in [4.78, 5) is 14.9. The van der Waals surface area contributed by atoms with Gasteiger partial charge in [-0.05, 0) is 48.2 Å². The normalized spacial score (nSPS) is 21.4. The van der Waals surface area contributed by atoms with Gasteiger partial charge in [-0.2, -0.15) is 0 Å². The topological polar surface area (TPSA) is 20.3 Å². The fraction of sp³-hybridized carbons (Fsp3) is 0.316. The van der Waals surface area contributed by atoms with E-state index in [9.17, 15) is 4.79 Å². The minimum Gasteiger partial charge on any atom is -0.312 e. The summed E-state index contributed by atoms with van der Waals surface area (Å²) >= 11 is 6.11. The molecule has 0 saturated carbocycles. The predicted octanol–water partition coefficient (Wildman–Crippen LogP) is 4.81. The summed E-state index contributed by atoms with van der Waals surface area (Å²) in [6.07, 6.45) is 0.977. The van der Waals surface area contributed by atoms with Gasteiger partial charge in [0.15, 0.2) is 0 Å². The van der Waals surface area contributed by atoms with Gasteiger partial charge in [-0.1, -0.05) is 49.2 Å². The maximum Gasteiger partial charge on any atom is 0.234 e. The van der Waals surface area contributed by atoms with Gasteiger partial charge in [0.05, 0.1) is 5.92 Å². The molecule has 3 heteroatoms. The molecule has 1 amide bonds. The van der Waals surface area contributed by atoms with Gasteiger partial charge >= 0.3 is 0 Å². The van der Waals surface area contributed by atoms with E-state index in [-0.39, 0.29) is 11.8 Å². The lowest BCUT2D eigenvalue weighted by molar-refractivity contribution is -0.118. The van der Waals surface area contributed by atoms with E-state index in [4.69, 9.17) is 11.6 Å². The van der Waals surface area contributed by atoms with Crippen molar-refractivity contribution in [2.45, 2.75) is 26.2 Å². The molecule has 0 unspecified atom stereocenters. The van der Waals surface area contributed by atoms with E-state index in [1.807, 2.05) is 41.3 Å². The summed E-state index contributed by atoms with van der Waals surface area (Å²) in [5.41, 5.74) is 3.19. The summed E-state index contributed by atoms with van der Waals surface area (Å²) in [5, 5.41) is 0.689. The third-order valence-electron chi connectivity index (χ3n) is 4.47. The molecule has 0 spiro atoms. The van der Waals surface area contributed by atoms with E-state index < -0.39 is 0 Å². The Hall–Kier alpha value is -1.80. The fourth-order valence-corrected chi connectivity index (χ4v) is 3.51. The minimum absolute atomic E-state index is 0.0933. The number of aryl methyl sites for hydroxylation is 1. The molecule has 3 rings (SSSR count). The SMILES string of the molecule is CC[C@@H]1CN(c2cccc(C)c2)C(=O)[C@H]1c1cccc(Cl)c1. The number of rotatable bonds is 3. The highest BCUT2D eigenvalue weighted by Crippen LogP contribution is 2.38. The molecule has 22 heavy (non-hydrogen) atoms. The second-order valence-corrected chi connectivity index (χ2v) is 6.43. The maximum atomic E-state index is 13.0. The number of halogens is 1. The van der Waals surface area contributed by atoms with Crippen LogP contribution in [-0.2, 0) is 4.79 Å². The lowest BCUT2D eigenvalue weighted by Crippen LogP contribution is -2.26. The van der Waals surface area contributed by atoms with E-state index in [1.165, 1.54) is 5.56 Å². The van der Waals surface area contributed by atoms with Crippen molar-refractivity contribution in [2.75, 3.05) is 11.4 Å². The predicted molar refractivity (Wildman–Crippen MR) is 91.5 cm³/mol. The van der Waals surface area contributed by atoms with Crippen LogP contribution in [0.25, 0.3) is 0 Å². The third-order valence-corrected chi connectivity index (χ3v) is 4.70. The summed E-state index contributed by atoms with van der Waals surface area (Å²) in [5.74, 6) is 0.412. The summed E-state index contributed by atoms with van der Waals surface area (Å²) in [6.45, 7) is 4.97. The van der Waals surface area contributed by atoms with Crippen LogP contribution >= 0.6 is 11.6 Å². The average molecular weight is 314 g/mol. The van der Waals surface area contributed by atoms with Crippen LogP contribution in [0.4, 0.5) is 5.69 Å². The first-order chi connectivity index (χ1) is 10.6. The Morgan fingerprint density at radius 1 is 1.18 bits per heavy atom. The van der Waals surface area contributed by atoms with E-state index in [0.29, 0.717) is 10.9 Å². The first-order valence-corrected chi connectivity index (χ1v) is 8.11. The van der Waals surface area contributed by atoms with Crippen molar-refractivity contribution in [3.63, 3.8) is 0 Å². The fourth-order valence-electron chi connectivity index (χ4n) is 3.31. The van der Waals surface area contributed by atoms with Crippen LogP contribution in [0.2, 0.25) is 5.02 Å². The van der Waals surface area contributed by atoms with Gasteiger partial charge < -0.3 is 4.90 Å². The quantitative estimate of drug-likeness (QED) is 0.796. The molecular formula is C19H20ClNO. The van der Waals surface area contributed by atoms with Crippen LogP contribution in [0.5, 0.6) is 0 Å². The maximum absolute atomic E-state index is 13.0. The van der Waals surface area contributed by atoms with Gasteiger partial charge in [0.1, 0.15) is 0 Å². The van der Waals surface area contributed by atoms with Crippen LogP contribution in [0.3, 0.4) is 0 Å². The van der Waals surface area contributed by atoms with Crippen LogP contribution in [0.1, 0.15) is 30.4 Å². The summed E-state index contributed by atoms with van der Waals surface area (Å²) in [7, 11) is 0. The zero-order valence-corrected chi connectivity index (χ0v) is 13.7. The Labute approximate surface area is 136 Å². The van der Waals surface area contributed by atoms with Crippen molar-refractivity contribution in [2.24, 2.45) is 5.92 Å². The van der Waals surface area contributed by atoms with Crippen molar-refractivity contribution in [1.29, 1.82) is 0 Å². The number of hydrogen-bond donors (Lipinski definition) is 0. The number of amides is 1. The molecule has 2 aromatic rings. The number of carbonyl (C=O) groups excluding carboxylic acids is 1. The van der Waals surface area contributed by atoms with Gasteiger partial charge in [0.2, 0.25) is 5.91 Å². The van der Waals surface area contributed by atoms with Crippen LogP contribution in [0, 0.1) is 12.8 Å². The molecule has 114 valence electrons.